The van der Waals surface area contributed by atoms with Crippen molar-refractivity contribution in [2.75, 3.05) is 0 Å². The Balaban J connectivity index is 2.06. The van der Waals surface area contributed by atoms with Crippen molar-refractivity contribution in [2.24, 2.45) is 0 Å². The van der Waals surface area contributed by atoms with Gasteiger partial charge in [-0.05, 0) is 40.5 Å². The summed E-state index contributed by atoms with van der Waals surface area (Å²) in [5.74, 6) is 1.64. The number of aromatic nitrogens is 3. The largest absolute Gasteiger partial charge is 0.484 e. The van der Waals surface area contributed by atoms with E-state index in [4.69, 9.17) is 4.74 Å². The van der Waals surface area contributed by atoms with Crippen molar-refractivity contribution in [2.45, 2.75) is 25.4 Å². The molecule has 0 saturated carbocycles. The standard InChI is InChI=1S/C12H13Br2N3O/c1-2-17-12(15-8-16-17)7-18-11-4-3-9(6-13)5-10(11)14/h3-5,8H,2,6-7H2,1H3. The lowest BCUT2D eigenvalue weighted by atomic mass is 10.2. The Morgan fingerprint density at radius 3 is 2.89 bits per heavy atom. The second kappa shape index (κ2) is 6.33. The molecule has 0 aliphatic heterocycles. The number of hydrogen-bond acceptors (Lipinski definition) is 3. The maximum absolute atomic E-state index is 5.74. The molecule has 18 heavy (non-hydrogen) atoms. The third kappa shape index (κ3) is 3.11. The van der Waals surface area contributed by atoms with E-state index in [0.717, 1.165) is 27.9 Å². The first-order valence-electron chi connectivity index (χ1n) is 5.58. The van der Waals surface area contributed by atoms with E-state index < -0.39 is 0 Å². The van der Waals surface area contributed by atoms with Crippen LogP contribution in [-0.4, -0.2) is 14.8 Å². The Hall–Kier alpha value is -0.880. The van der Waals surface area contributed by atoms with Crippen LogP contribution >= 0.6 is 31.9 Å². The molecule has 2 rings (SSSR count). The molecule has 0 spiro atoms. The van der Waals surface area contributed by atoms with Gasteiger partial charge in [0.2, 0.25) is 0 Å². The van der Waals surface area contributed by atoms with Gasteiger partial charge in [-0.3, -0.25) is 0 Å². The molecular weight excluding hydrogens is 362 g/mol. The lowest BCUT2D eigenvalue weighted by molar-refractivity contribution is 0.285. The van der Waals surface area contributed by atoms with Gasteiger partial charge in [0.05, 0.1) is 4.47 Å². The van der Waals surface area contributed by atoms with Gasteiger partial charge in [-0.15, -0.1) is 0 Å². The summed E-state index contributed by atoms with van der Waals surface area (Å²) in [7, 11) is 0. The van der Waals surface area contributed by atoms with E-state index in [1.807, 2.05) is 29.8 Å². The van der Waals surface area contributed by atoms with Crippen LogP contribution in [0.5, 0.6) is 5.75 Å². The van der Waals surface area contributed by atoms with Crippen molar-refractivity contribution in [3.8, 4) is 5.75 Å². The van der Waals surface area contributed by atoms with Crippen molar-refractivity contribution in [3.05, 3.63) is 40.4 Å². The average Bonchev–Trinajstić information content (AvgIpc) is 2.84. The molecule has 0 aliphatic carbocycles. The highest BCUT2D eigenvalue weighted by molar-refractivity contribution is 9.10. The van der Waals surface area contributed by atoms with Crippen LogP contribution in [0.4, 0.5) is 0 Å². The monoisotopic (exact) mass is 373 g/mol. The molecule has 1 aromatic heterocycles. The molecule has 0 N–H and O–H groups in total. The zero-order valence-corrected chi connectivity index (χ0v) is 13.1. The maximum atomic E-state index is 5.74. The minimum atomic E-state index is 0.417. The molecule has 0 amide bonds. The molecule has 0 unspecified atom stereocenters. The van der Waals surface area contributed by atoms with Crippen molar-refractivity contribution in [1.82, 2.24) is 14.8 Å². The van der Waals surface area contributed by atoms with Gasteiger partial charge in [0.25, 0.3) is 0 Å². The van der Waals surface area contributed by atoms with E-state index in [1.165, 1.54) is 5.56 Å². The summed E-state index contributed by atoms with van der Waals surface area (Å²) in [5.41, 5.74) is 1.20. The highest BCUT2D eigenvalue weighted by atomic mass is 79.9. The summed E-state index contributed by atoms with van der Waals surface area (Å²) in [6.45, 7) is 3.24. The fraction of sp³-hybridized carbons (Fsp3) is 0.333. The first-order chi connectivity index (χ1) is 8.74. The van der Waals surface area contributed by atoms with Crippen LogP contribution in [0, 0.1) is 0 Å². The predicted molar refractivity (Wildman–Crippen MR) is 76.8 cm³/mol. The van der Waals surface area contributed by atoms with Crippen molar-refractivity contribution >= 4 is 31.9 Å². The highest BCUT2D eigenvalue weighted by Gasteiger charge is 2.06. The summed E-state index contributed by atoms with van der Waals surface area (Å²) in [6.07, 6.45) is 1.55. The Morgan fingerprint density at radius 2 is 2.22 bits per heavy atom. The van der Waals surface area contributed by atoms with Gasteiger partial charge in [0, 0.05) is 11.9 Å². The number of aryl methyl sites for hydroxylation is 1. The summed E-state index contributed by atoms with van der Waals surface area (Å²) >= 11 is 6.92. The summed E-state index contributed by atoms with van der Waals surface area (Å²) in [6, 6.07) is 6.02. The van der Waals surface area contributed by atoms with Gasteiger partial charge in [0.15, 0.2) is 5.82 Å². The van der Waals surface area contributed by atoms with Crippen LogP contribution in [0.3, 0.4) is 0 Å². The number of alkyl halides is 1. The lowest BCUT2D eigenvalue weighted by Crippen LogP contribution is -2.07. The van der Waals surface area contributed by atoms with E-state index in [9.17, 15) is 0 Å². The quantitative estimate of drug-likeness (QED) is 0.751. The van der Waals surface area contributed by atoms with Crippen molar-refractivity contribution in [3.63, 3.8) is 0 Å². The van der Waals surface area contributed by atoms with E-state index in [-0.39, 0.29) is 0 Å². The van der Waals surface area contributed by atoms with Gasteiger partial charge < -0.3 is 4.74 Å². The highest BCUT2D eigenvalue weighted by Crippen LogP contribution is 2.27. The minimum absolute atomic E-state index is 0.417. The third-order valence-electron chi connectivity index (χ3n) is 2.50. The van der Waals surface area contributed by atoms with E-state index in [1.54, 1.807) is 6.33 Å². The predicted octanol–water partition coefficient (Wildman–Crippen LogP) is 3.53. The fourth-order valence-electron chi connectivity index (χ4n) is 1.55. The normalized spacial score (nSPS) is 10.6. The van der Waals surface area contributed by atoms with Crippen molar-refractivity contribution in [1.29, 1.82) is 0 Å². The van der Waals surface area contributed by atoms with Gasteiger partial charge in [0.1, 0.15) is 18.7 Å². The van der Waals surface area contributed by atoms with E-state index >= 15 is 0 Å². The molecule has 2 aromatic rings. The molecule has 1 aromatic carbocycles. The van der Waals surface area contributed by atoms with Crippen LogP contribution in [-0.2, 0) is 18.5 Å². The first kappa shape index (κ1) is 13.5. The van der Waals surface area contributed by atoms with Crippen LogP contribution < -0.4 is 4.74 Å². The molecule has 1 heterocycles. The van der Waals surface area contributed by atoms with Crippen molar-refractivity contribution < 1.29 is 4.74 Å². The number of nitrogens with zero attached hydrogens (tertiary/aromatic N) is 3. The Kier molecular flexibility index (Phi) is 4.77. The smallest absolute Gasteiger partial charge is 0.164 e. The molecule has 0 bridgehead atoms. The molecule has 0 atom stereocenters. The van der Waals surface area contributed by atoms with Crippen LogP contribution in [0.1, 0.15) is 18.3 Å². The molecule has 0 saturated heterocycles. The van der Waals surface area contributed by atoms with Gasteiger partial charge in [-0.25, -0.2) is 9.67 Å². The molecule has 6 heteroatoms. The molecule has 96 valence electrons. The van der Waals surface area contributed by atoms with Gasteiger partial charge in [-0.2, -0.15) is 5.10 Å². The van der Waals surface area contributed by atoms with E-state index in [0.29, 0.717) is 6.61 Å². The fourth-order valence-corrected chi connectivity index (χ4v) is 2.44. The molecule has 0 radical (unpaired) electrons. The second-order valence-electron chi connectivity index (χ2n) is 3.68. The second-order valence-corrected chi connectivity index (χ2v) is 5.09. The maximum Gasteiger partial charge on any atom is 0.164 e. The summed E-state index contributed by atoms with van der Waals surface area (Å²) < 4.78 is 8.50. The number of benzene rings is 1. The number of hydrogen-bond donors (Lipinski definition) is 0. The number of rotatable bonds is 5. The topological polar surface area (TPSA) is 39.9 Å². The van der Waals surface area contributed by atoms with Crippen LogP contribution in [0.15, 0.2) is 29.0 Å². The van der Waals surface area contributed by atoms with Crippen LogP contribution in [0.2, 0.25) is 0 Å². The Morgan fingerprint density at radius 1 is 1.39 bits per heavy atom. The average molecular weight is 375 g/mol. The number of ether oxygens (including phenoxy) is 1. The lowest BCUT2D eigenvalue weighted by Gasteiger charge is -2.09. The minimum Gasteiger partial charge on any atom is -0.484 e. The summed E-state index contributed by atoms with van der Waals surface area (Å²) in [5, 5.41) is 4.93. The molecular formula is C12H13Br2N3O. The zero-order chi connectivity index (χ0) is 13.0. The van der Waals surface area contributed by atoms with Gasteiger partial charge >= 0.3 is 0 Å². The third-order valence-corrected chi connectivity index (χ3v) is 3.77. The molecule has 0 fully saturated rings. The molecule has 4 nitrogen and oxygen atoms in total. The Bertz CT molecular complexity index is 528. The molecule has 0 aliphatic rings. The van der Waals surface area contributed by atoms with E-state index in [2.05, 4.69) is 41.9 Å². The number of halogens is 2. The Labute approximate surface area is 123 Å². The van der Waals surface area contributed by atoms with Crippen LogP contribution in [0.25, 0.3) is 0 Å². The zero-order valence-electron chi connectivity index (χ0n) is 9.94. The summed E-state index contributed by atoms with van der Waals surface area (Å²) in [4.78, 5) is 4.17. The SMILES string of the molecule is CCn1ncnc1COc1ccc(CBr)cc1Br. The van der Waals surface area contributed by atoms with Gasteiger partial charge in [-0.1, -0.05) is 22.0 Å². The first-order valence-corrected chi connectivity index (χ1v) is 7.50.